The standard InChI is InChI=1S/C12H12OS/c1-14-12-7-3-2-5-10(12)9-11-6-4-8-13-11/h2-8H,9H2,1H3. The first-order valence-electron chi connectivity index (χ1n) is 4.54. The van der Waals surface area contributed by atoms with Gasteiger partial charge in [0.05, 0.1) is 6.26 Å². The van der Waals surface area contributed by atoms with Crippen LogP contribution in [0.25, 0.3) is 0 Å². The highest BCUT2D eigenvalue weighted by molar-refractivity contribution is 7.98. The van der Waals surface area contributed by atoms with Crippen molar-refractivity contribution in [2.24, 2.45) is 0 Å². The third kappa shape index (κ3) is 2.02. The van der Waals surface area contributed by atoms with Crippen LogP contribution in [0, 0.1) is 0 Å². The van der Waals surface area contributed by atoms with Gasteiger partial charge in [-0.3, -0.25) is 0 Å². The lowest BCUT2D eigenvalue weighted by molar-refractivity contribution is 0.520. The van der Waals surface area contributed by atoms with Crippen LogP contribution < -0.4 is 0 Å². The first kappa shape index (κ1) is 9.41. The summed E-state index contributed by atoms with van der Waals surface area (Å²) in [7, 11) is 0. The van der Waals surface area contributed by atoms with E-state index in [0.29, 0.717) is 0 Å². The maximum Gasteiger partial charge on any atom is 0.108 e. The summed E-state index contributed by atoms with van der Waals surface area (Å²) in [5.74, 6) is 1.02. The van der Waals surface area contributed by atoms with Gasteiger partial charge in [-0.05, 0) is 30.0 Å². The first-order valence-corrected chi connectivity index (χ1v) is 5.77. The quantitative estimate of drug-likeness (QED) is 0.709. The number of hydrogen-bond acceptors (Lipinski definition) is 2. The molecular formula is C12H12OS. The molecule has 1 aromatic carbocycles. The van der Waals surface area contributed by atoms with Crippen LogP contribution in [-0.4, -0.2) is 6.26 Å². The Balaban J connectivity index is 2.24. The second-order valence-corrected chi connectivity index (χ2v) is 3.92. The zero-order valence-corrected chi connectivity index (χ0v) is 8.88. The number of benzene rings is 1. The highest BCUT2D eigenvalue weighted by Gasteiger charge is 2.02. The molecule has 0 unspecified atom stereocenters. The van der Waals surface area contributed by atoms with Gasteiger partial charge in [-0.15, -0.1) is 11.8 Å². The van der Waals surface area contributed by atoms with E-state index in [1.54, 1.807) is 18.0 Å². The highest BCUT2D eigenvalue weighted by atomic mass is 32.2. The second kappa shape index (κ2) is 4.38. The van der Waals surface area contributed by atoms with E-state index in [4.69, 9.17) is 4.42 Å². The lowest BCUT2D eigenvalue weighted by Gasteiger charge is -2.04. The topological polar surface area (TPSA) is 13.1 Å². The molecule has 0 aliphatic rings. The van der Waals surface area contributed by atoms with Gasteiger partial charge in [0.1, 0.15) is 5.76 Å². The fourth-order valence-electron chi connectivity index (χ4n) is 1.45. The summed E-state index contributed by atoms with van der Waals surface area (Å²) in [4.78, 5) is 1.32. The van der Waals surface area contributed by atoms with Crippen molar-refractivity contribution in [1.82, 2.24) is 0 Å². The molecule has 1 heterocycles. The van der Waals surface area contributed by atoms with Gasteiger partial charge in [-0.25, -0.2) is 0 Å². The minimum atomic E-state index is 0.879. The van der Waals surface area contributed by atoms with Crippen molar-refractivity contribution >= 4 is 11.8 Å². The smallest absolute Gasteiger partial charge is 0.108 e. The van der Waals surface area contributed by atoms with E-state index in [9.17, 15) is 0 Å². The molecule has 0 aliphatic heterocycles. The number of thioether (sulfide) groups is 1. The molecule has 2 rings (SSSR count). The lowest BCUT2D eigenvalue weighted by Crippen LogP contribution is -1.88. The summed E-state index contributed by atoms with van der Waals surface area (Å²) in [5.41, 5.74) is 1.33. The van der Waals surface area contributed by atoms with E-state index in [-0.39, 0.29) is 0 Å². The maximum atomic E-state index is 5.33. The van der Waals surface area contributed by atoms with Gasteiger partial charge < -0.3 is 4.42 Å². The van der Waals surface area contributed by atoms with Gasteiger partial charge in [0.25, 0.3) is 0 Å². The molecule has 1 aromatic heterocycles. The fraction of sp³-hybridized carbons (Fsp3) is 0.167. The van der Waals surface area contributed by atoms with Crippen LogP contribution in [0.15, 0.2) is 52.0 Å². The minimum Gasteiger partial charge on any atom is -0.469 e. The molecule has 0 aliphatic carbocycles. The molecule has 14 heavy (non-hydrogen) atoms. The van der Waals surface area contributed by atoms with Crippen LogP contribution in [0.4, 0.5) is 0 Å². The predicted molar refractivity (Wildman–Crippen MR) is 59.7 cm³/mol. The Bertz CT molecular complexity index is 392. The Hall–Kier alpha value is -1.15. The molecule has 0 spiro atoms. The Kier molecular flexibility index (Phi) is 2.94. The molecular weight excluding hydrogens is 192 g/mol. The van der Waals surface area contributed by atoms with Crippen LogP contribution >= 0.6 is 11.8 Å². The molecule has 0 radical (unpaired) electrons. The van der Waals surface area contributed by atoms with E-state index in [1.165, 1.54) is 10.5 Å². The fourth-order valence-corrected chi connectivity index (χ4v) is 2.07. The normalized spacial score (nSPS) is 10.4. The minimum absolute atomic E-state index is 0.879. The van der Waals surface area contributed by atoms with E-state index >= 15 is 0 Å². The molecule has 0 bridgehead atoms. The molecule has 0 saturated heterocycles. The summed E-state index contributed by atoms with van der Waals surface area (Å²) >= 11 is 1.78. The lowest BCUT2D eigenvalue weighted by atomic mass is 10.1. The summed E-state index contributed by atoms with van der Waals surface area (Å²) in [6.07, 6.45) is 4.70. The summed E-state index contributed by atoms with van der Waals surface area (Å²) in [5, 5.41) is 0. The van der Waals surface area contributed by atoms with Gasteiger partial charge in [0.15, 0.2) is 0 Å². The molecule has 72 valence electrons. The molecule has 0 fully saturated rings. The van der Waals surface area contributed by atoms with Crippen LogP contribution in [0.3, 0.4) is 0 Å². The third-order valence-electron chi connectivity index (χ3n) is 2.14. The number of hydrogen-bond donors (Lipinski definition) is 0. The third-order valence-corrected chi connectivity index (χ3v) is 2.98. The average Bonchev–Trinajstić information content (AvgIpc) is 2.71. The molecule has 2 heteroatoms. The zero-order chi connectivity index (χ0) is 9.80. The number of rotatable bonds is 3. The van der Waals surface area contributed by atoms with Crippen LogP contribution in [0.1, 0.15) is 11.3 Å². The predicted octanol–water partition coefficient (Wildman–Crippen LogP) is 3.59. The first-order chi connectivity index (χ1) is 6.90. The average molecular weight is 204 g/mol. The number of furan rings is 1. The Morgan fingerprint density at radius 1 is 1.14 bits per heavy atom. The van der Waals surface area contributed by atoms with Crippen LogP contribution in [0.2, 0.25) is 0 Å². The van der Waals surface area contributed by atoms with E-state index in [1.807, 2.05) is 12.1 Å². The van der Waals surface area contributed by atoms with Crippen molar-refractivity contribution in [2.75, 3.05) is 6.26 Å². The zero-order valence-electron chi connectivity index (χ0n) is 8.07. The summed E-state index contributed by atoms with van der Waals surface area (Å²) in [6.45, 7) is 0. The second-order valence-electron chi connectivity index (χ2n) is 3.07. The van der Waals surface area contributed by atoms with Gasteiger partial charge >= 0.3 is 0 Å². The van der Waals surface area contributed by atoms with Crippen molar-refractivity contribution in [3.05, 3.63) is 54.0 Å². The Morgan fingerprint density at radius 3 is 2.71 bits per heavy atom. The molecule has 2 aromatic rings. The largest absolute Gasteiger partial charge is 0.469 e. The van der Waals surface area contributed by atoms with Gasteiger partial charge in [0, 0.05) is 11.3 Å². The molecule has 1 nitrogen and oxygen atoms in total. The summed E-state index contributed by atoms with van der Waals surface area (Å²) < 4.78 is 5.33. The van der Waals surface area contributed by atoms with E-state index in [2.05, 4.69) is 30.5 Å². The van der Waals surface area contributed by atoms with Gasteiger partial charge in [-0.1, -0.05) is 18.2 Å². The highest BCUT2D eigenvalue weighted by Crippen LogP contribution is 2.22. The summed E-state index contributed by atoms with van der Waals surface area (Å²) in [6, 6.07) is 12.4. The van der Waals surface area contributed by atoms with Crippen molar-refractivity contribution < 1.29 is 4.42 Å². The van der Waals surface area contributed by atoms with Crippen molar-refractivity contribution in [1.29, 1.82) is 0 Å². The Morgan fingerprint density at radius 2 is 2.00 bits per heavy atom. The van der Waals surface area contributed by atoms with Crippen molar-refractivity contribution in [2.45, 2.75) is 11.3 Å². The maximum absolute atomic E-state index is 5.33. The SMILES string of the molecule is CSc1ccccc1Cc1ccco1. The van der Waals surface area contributed by atoms with E-state index < -0.39 is 0 Å². The molecule has 0 saturated carbocycles. The van der Waals surface area contributed by atoms with Gasteiger partial charge in [0.2, 0.25) is 0 Å². The van der Waals surface area contributed by atoms with Crippen molar-refractivity contribution in [3.63, 3.8) is 0 Å². The molecule has 0 amide bonds. The molecule has 0 N–H and O–H groups in total. The van der Waals surface area contributed by atoms with E-state index in [0.717, 1.165) is 12.2 Å². The van der Waals surface area contributed by atoms with Crippen molar-refractivity contribution in [3.8, 4) is 0 Å². The monoisotopic (exact) mass is 204 g/mol. The van der Waals surface area contributed by atoms with Gasteiger partial charge in [-0.2, -0.15) is 0 Å². The van der Waals surface area contributed by atoms with Crippen LogP contribution in [-0.2, 0) is 6.42 Å². The Labute approximate surface area is 88.1 Å². The van der Waals surface area contributed by atoms with Crippen LogP contribution in [0.5, 0.6) is 0 Å². The molecule has 0 atom stereocenters.